The van der Waals surface area contributed by atoms with Gasteiger partial charge in [0.1, 0.15) is 0 Å². The number of anilines is 1. The van der Waals surface area contributed by atoms with E-state index in [0.29, 0.717) is 5.69 Å². The van der Waals surface area contributed by atoms with Crippen LogP contribution in [0.1, 0.15) is 0 Å². The molecule has 0 saturated heterocycles. The van der Waals surface area contributed by atoms with Crippen LogP contribution in [-0.4, -0.2) is 12.2 Å². The van der Waals surface area contributed by atoms with Gasteiger partial charge in [-0.05, 0) is 54.6 Å². The molecule has 0 aliphatic rings. The lowest BCUT2D eigenvalue weighted by molar-refractivity contribution is -0.299. The van der Waals surface area contributed by atoms with E-state index in [2.05, 4.69) is 42.2 Å². The predicted octanol–water partition coefficient (Wildman–Crippen LogP) is 3.66. The quantitative estimate of drug-likeness (QED) is 0.590. The normalized spacial score (nSPS) is 11.6. The summed E-state index contributed by atoms with van der Waals surface area (Å²) in [6.07, 6.45) is 2.78. The Hall–Kier alpha value is -1.92. The maximum Gasteiger partial charge on any atom is 0.0878 e. The van der Waals surface area contributed by atoms with Gasteiger partial charge in [0.15, 0.2) is 0 Å². The highest BCUT2D eigenvalue weighted by molar-refractivity contribution is 9.10. The molecule has 22 heavy (non-hydrogen) atoms. The highest BCUT2D eigenvalue weighted by atomic mass is 79.9. The van der Waals surface area contributed by atoms with E-state index in [4.69, 9.17) is 0 Å². The third kappa shape index (κ3) is 5.13. The molecule has 6 heteroatoms. The van der Waals surface area contributed by atoms with E-state index in [0.717, 1.165) is 14.6 Å². The molecule has 2 aromatic carbocycles. The molecule has 0 atom stereocenters. The Kier molecular flexibility index (Phi) is 5.91. The molecule has 0 spiro atoms. The van der Waals surface area contributed by atoms with Crippen LogP contribution < -0.4 is 10.4 Å². The summed E-state index contributed by atoms with van der Waals surface area (Å²) in [4.78, 5) is 15.3. The molecule has 0 amide bonds. The van der Waals surface area contributed by atoms with E-state index in [1.807, 2.05) is 36.4 Å². The first-order valence-electron chi connectivity index (χ1n) is 6.28. The molecule has 0 heterocycles. The summed E-state index contributed by atoms with van der Waals surface area (Å²) in [5.74, 6) is -1.30. The molecule has 0 fully saturated rings. The number of carbonyl (C=O) groups excluding carboxylic acids is 1. The van der Waals surface area contributed by atoms with Crippen LogP contribution >= 0.6 is 31.9 Å². The molecule has 0 saturated carbocycles. The molecule has 4 nitrogen and oxygen atoms in total. The Morgan fingerprint density at radius 2 is 1.55 bits per heavy atom. The first-order valence-corrected chi connectivity index (χ1v) is 7.87. The van der Waals surface area contributed by atoms with E-state index < -0.39 is 5.97 Å². The standard InChI is InChI=1S/C16H12Br2N2O2/c17-11-1-5-13(6-2-11)19-10-9-15(16(21)22)20-14-7-3-12(18)4-8-14/h1-10,20H,(H,21,22)/p-1/b15-9+,19-10?. The third-order valence-corrected chi connectivity index (χ3v) is 3.69. The summed E-state index contributed by atoms with van der Waals surface area (Å²) in [5.41, 5.74) is 1.31. The summed E-state index contributed by atoms with van der Waals surface area (Å²) in [6.45, 7) is 0. The van der Waals surface area contributed by atoms with Crippen molar-refractivity contribution in [1.29, 1.82) is 0 Å². The van der Waals surface area contributed by atoms with Crippen molar-refractivity contribution in [1.82, 2.24) is 0 Å². The van der Waals surface area contributed by atoms with Crippen molar-refractivity contribution >= 4 is 55.4 Å². The van der Waals surface area contributed by atoms with Crippen LogP contribution in [0.5, 0.6) is 0 Å². The van der Waals surface area contributed by atoms with Gasteiger partial charge in [0.25, 0.3) is 0 Å². The van der Waals surface area contributed by atoms with Gasteiger partial charge in [-0.1, -0.05) is 31.9 Å². The Morgan fingerprint density at radius 3 is 2.09 bits per heavy atom. The van der Waals surface area contributed by atoms with Gasteiger partial charge in [0, 0.05) is 20.8 Å². The second-order valence-corrected chi connectivity index (χ2v) is 6.09. The van der Waals surface area contributed by atoms with Crippen LogP contribution in [0.3, 0.4) is 0 Å². The highest BCUT2D eigenvalue weighted by Crippen LogP contribution is 2.17. The smallest absolute Gasteiger partial charge is 0.0878 e. The van der Waals surface area contributed by atoms with E-state index in [1.54, 1.807) is 12.1 Å². The van der Waals surface area contributed by atoms with Gasteiger partial charge in [-0.15, -0.1) is 0 Å². The zero-order valence-corrected chi connectivity index (χ0v) is 14.5. The molecule has 0 aromatic heterocycles. The number of carbonyl (C=O) groups is 1. The number of hydrogen-bond donors (Lipinski definition) is 1. The summed E-state index contributed by atoms with van der Waals surface area (Å²) in [5, 5.41) is 13.9. The van der Waals surface area contributed by atoms with Crippen molar-refractivity contribution in [3.8, 4) is 0 Å². The van der Waals surface area contributed by atoms with Gasteiger partial charge in [0.2, 0.25) is 0 Å². The van der Waals surface area contributed by atoms with Crippen molar-refractivity contribution in [2.75, 3.05) is 5.32 Å². The average Bonchev–Trinajstić information content (AvgIpc) is 2.50. The number of carboxylic acid groups (broad SMARTS) is 1. The topological polar surface area (TPSA) is 64.5 Å². The second-order valence-electron chi connectivity index (χ2n) is 4.25. The lowest BCUT2D eigenvalue weighted by Gasteiger charge is -2.11. The van der Waals surface area contributed by atoms with Crippen LogP contribution in [-0.2, 0) is 4.79 Å². The molecule has 1 N–H and O–H groups in total. The zero-order valence-electron chi connectivity index (χ0n) is 11.3. The summed E-state index contributed by atoms with van der Waals surface area (Å²) in [7, 11) is 0. The fourth-order valence-corrected chi connectivity index (χ4v) is 2.10. The maximum absolute atomic E-state index is 11.1. The minimum absolute atomic E-state index is 0.0665. The van der Waals surface area contributed by atoms with Crippen LogP contribution in [0, 0.1) is 0 Å². The van der Waals surface area contributed by atoms with Crippen molar-refractivity contribution in [3.63, 3.8) is 0 Å². The van der Waals surface area contributed by atoms with Gasteiger partial charge in [-0.3, -0.25) is 4.99 Å². The molecule has 112 valence electrons. The Balaban J connectivity index is 2.11. The van der Waals surface area contributed by atoms with Gasteiger partial charge in [0.05, 0.1) is 17.4 Å². The van der Waals surface area contributed by atoms with Crippen molar-refractivity contribution in [3.05, 3.63) is 69.2 Å². The van der Waals surface area contributed by atoms with E-state index in [-0.39, 0.29) is 5.70 Å². The summed E-state index contributed by atoms with van der Waals surface area (Å²) in [6, 6.07) is 14.5. The lowest BCUT2D eigenvalue weighted by Crippen LogP contribution is -2.28. The van der Waals surface area contributed by atoms with Crippen LogP contribution in [0.15, 0.2) is 74.2 Å². The van der Waals surface area contributed by atoms with Gasteiger partial charge in [-0.2, -0.15) is 0 Å². The van der Waals surface area contributed by atoms with Crippen molar-refractivity contribution in [2.24, 2.45) is 4.99 Å². The predicted molar refractivity (Wildman–Crippen MR) is 93.1 cm³/mol. The van der Waals surface area contributed by atoms with E-state index in [1.165, 1.54) is 12.3 Å². The number of aliphatic imine (C=N–C) groups is 1. The molecule has 0 bridgehead atoms. The minimum atomic E-state index is -1.30. The molecule has 0 radical (unpaired) electrons. The second kappa shape index (κ2) is 7.91. The lowest BCUT2D eigenvalue weighted by atomic mass is 10.3. The number of hydrogen-bond acceptors (Lipinski definition) is 4. The van der Waals surface area contributed by atoms with E-state index >= 15 is 0 Å². The van der Waals surface area contributed by atoms with Gasteiger partial charge in [-0.25, -0.2) is 0 Å². The van der Waals surface area contributed by atoms with Crippen molar-refractivity contribution in [2.45, 2.75) is 0 Å². The first kappa shape index (κ1) is 16.5. The Morgan fingerprint density at radius 1 is 1.00 bits per heavy atom. The average molecular weight is 423 g/mol. The number of halogens is 2. The number of allylic oxidation sites excluding steroid dienone is 1. The fourth-order valence-electron chi connectivity index (χ4n) is 1.57. The maximum atomic E-state index is 11.1. The molecule has 2 rings (SSSR count). The molecule has 2 aromatic rings. The number of nitrogens with one attached hydrogen (secondary N) is 1. The van der Waals surface area contributed by atoms with E-state index in [9.17, 15) is 9.90 Å². The van der Waals surface area contributed by atoms with Crippen LogP contribution in [0.25, 0.3) is 0 Å². The number of benzene rings is 2. The number of rotatable bonds is 5. The fraction of sp³-hybridized carbons (Fsp3) is 0. The summed E-state index contributed by atoms with van der Waals surface area (Å²) < 4.78 is 1.86. The largest absolute Gasteiger partial charge is 0.543 e. The molecular formula is C16H11Br2N2O2-. The Bertz CT molecular complexity index is 708. The number of carboxylic acids is 1. The molecule has 0 aliphatic heterocycles. The highest BCUT2D eigenvalue weighted by Gasteiger charge is 1.98. The number of aliphatic carboxylic acids is 1. The van der Waals surface area contributed by atoms with Gasteiger partial charge < -0.3 is 15.2 Å². The van der Waals surface area contributed by atoms with Crippen LogP contribution in [0.2, 0.25) is 0 Å². The Labute approximate surface area is 144 Å². The SMILES string of the molecule is O=C([O-])/C(=C\C=Nc1ccc(Br)cc1)Nc1ccc(Br)cc1. The molecule has 0 aliphatic carbocycles. The number of nitrogens with zero attached hydrogens (tertiary/aromatic N) is 1. The minimum Gasteiger partial charge on any atom is -0.543 e. The van der Waals surface area contributed by atoms with Crippen molar-refractivity contribution < 1.29 is 9.90 Å². The van der Waals surface area contributed by atoms with Crippen LogP contribution in [0.4, 0.5) is 11.4 Å². The zero-order chi connectivity index (χ0) is 15.9. The monoisotopic (exact) mass is 421 g/mol. The molecular weight excluding hydrogens is 412 g/mol. The first-order chi connectivity index (χ1) is 10.5. The van der Waals surface area contributed by atoms with Gasteiger partial charge >= 0.3 is 0 Å². The third-order valence-electron chi connectivity index (χ3n) is 2.63. The molecule has 0 unspecified atom stereocenters. The summed E-state index contributed by atoms with van der Waals surface area (Å²) >= 11 is 6.65.